The molecule has 7 nitrogen and oxygen atoms in total. The van der Waals surface area contributed by atoms with Gasteiger partial charge in [-0.3, -0.25) is 9.59 Å². The fourth-order valence-electron chi connectivity index (χ4n) is 4.08. The Bertz CT molecular complexity index is 956. The number of hydrogen-bond donors (Lipinski definition) is 3. The molecule has 0 saturated heterocycles. The van der Waals surface area contributed by atoms with E-state index in [9.17, 15) is 24.9 Å². The monoisotopic (exact) mass is 402 g/mol. The number of rotatable bonds is 5. The number of aliphatic hydroxyl groups is 2. The van der Waals surface area contributed by atoms with Crippen LogP contribution in [-0.2, 0) is 10.2 Å². The molecule has 3 rings (SSSR count). The molecule has 1 aromatic carbocycles. The maximum atomic E-state index is 13.0. The molecule has 3 N–H and O–H groups in total. The molecule has 1 aliphatic carbocycles. The standard InChI is InChI=1S/C22H26O7/c1-10(9-23)6-7-15(25)22(4)12(3)29-21-16-13(8-14(24)17(21)22)19(27)20(28-5)11(2)18(16)26/h6,8,12,15,23-25H,7,9H2,1-5H3/b10-6-/t12-,15-,22-/m1/s1. The number of fused-ring (bicyclic) bond motifs is 3. The van der Waals surface area contributed by atoms with Crippen LogP contribution in [0.1, 0.15) is 60.4 Å². The van der Waals surface area contributed by atoms with Gasteiger partial charge in [0.15, 0.2) is 11.5 Å². The minimum Gasteiger partial charge on any atom is -0.507 e. The second-order valence-electron chi connectivity index (χ2n) is 7.84. The number of ketones is 2. The highest BCUT2D eigenvalue weighted by Gasteiger charge is 2.52. The molecular weight excluding hydrogens is 376 g/mol. The Morgan fingerprint density at radius 2 is 2.03 bits per heavy atom. The summed E-state index contributed by atoms with van der Waals surface area (Å²) >= 11 is 0. The summed E-state index contributed by atoms with van der Waals surface area (Å²) in [5, 5.41) is 30.9. The Hall–Kier alpha value is -2.64. The number of phenolic OH excluding ortho intramolecular Hbond substituents is 1. The summed E-state index contributed by atoms with van der Waals surface area (Å²) in [6, 6.07) is 1.25. The van der Waals surface area contributed by atoms with Crippen LogP contribution in [0.3, 0.4) is 0 Å². The van der Waals surface area contributed by atoms with E-state index >= 15 is 0 Å². The van der Waals surface area contributed by atoms with Crippen LogP contribution in [0, 0.1) is 0 Å². The van der Waals surface area contributed by atoms with E-state index in [2.05, 4.69) is 0 Å². The number of Topliss-reactive ketones (excluding diaryl/α,β-unsaturated/α-hetero) is 2. The van der Waals surface area contributed by atoms with Gasteiger partial charge in [-0.15, -0.1) is 0 Å². The van der Waals surface area contributed by atoms with Crippen LogP contribution in [0.5, 0.6) is 11.5 Å². The summed E-state index contributed by atoms with van der Waals surface area (Å²) in [5.41, 5.74) is 0.277. The lowest BCUT2D eigenvalue weighted by Crippen LogP contribution is -2.44. The molecule has 29 heavy (non-hydrogen) atoms. The third-order valence-corrected chi connectivity index (χ3v) is 6.13. The summed E-state index contributed by atoms with van der Waals surface area (Å²) in [6.45, 7) is 6.64. The highest BCUT2D eigenvalue weighted by atomic mass is 16.5. The molecule has 0 radical (unpaired) electrons. The van der Waals surface area contributed by atoms with Crippen molar-refractivity contribution in [3.63, 3.8) is 0 Å². The predicted octanol–water partition coefficient (Wildman–Crippen LogP) is 2.42. The molecule has 0 fully saturated rings. The SMILES string of the molecule is COC1=C(C)C(=O)c2c(cc(O)c3c2O[C@H](C)[C@]3(C)[C@H](O)C/C=C(/C)CO)C1=O. The van der Waals surface area contributed by atoms with Crippen molar-refractivity contribution >= 4 is 11.6 Å². The lowest BCUT2D eigenvalue weighted by molar-refractivity contribution is 0.0390. The third kappa shape index (κ3) is 2.96. The zero-order valence-corrected chi connectivity index (χ0v) is 17.2. The van der Waals surface area contributed by atoms with Gasteiger partial charge in [0.1, 0.15) is 17.6 Å². The van der Waals surface area contributed by atoms with Gasteiger partial charge in [-0.25, -0.2) is 0 Å². The van der Waals surface area contributed by atoms with Gasteiger partial charge < -0.3 is 24.8 Å². The van der Waals surface area contributed by atoms with Gasteiger partial charge in [-0.2, -0.15) is 0 Å². The normalized spacial score (nSPS) is 24.9. The van der Waals surface area contributed by atoms with Gasteiger partial charge in [-0.1, -0.05) is 11.6 Å². The van der Waals surface area contributed by atoms with Crippen LogP contribution in [0.15, 0.2) is 29.0 Å². The molecule has 1 aromatic rings. The van der Waals surface area contributed by atoms with Gasteiger partial charge in [0.05, 0.1) is 30.8 Å². The zero-order valence-electron chi connectivity index (χ0n) is 17.2. The minimum atomic E-state index is -1.02. The molecule has 2 aliphatic rings. The molecule has 0 saturated carbocycles. The van der Waals surface area contributed by atoms with E-state index < -0.39 is 29.2 Å². The topological polar surface area (TPSA) is 113 Å². The molecule has 0 spiro atoms. The summed E-state index contributed by atoms with van der Waals surface area (Å²) in [6.07, 6.45) is 0.433. The number of aromatic hydroxyl groups is 1. The van der Waals surface area contributed by atoms with E-state index in [0.29, 0.717) is 11.1 Å². The van der Waals surface area contributed by atoms with Gasteiger partial charge >= 0.3 is 0 Å². The maximum Gasteiger partial charge on any atom is 0.228 e. The lowest BCUT2D eigenvalue weighted by atomic mass is 9.71. The van der Waals surface area contributed by atoms with Crippen molar-refractivity contribution in [1.82, 2.24) is 0 Å². The molecule has 156 valence electrons. The third-order valence-electron chi connectivity index (χ3n) is 6.13. The number of allylic oxidation sites excluding steroid dienone is 2. The molecule has 0 aromatic heterocycles. The lowest BCUT2D eigenvalue weighted by Gasteiger charge is -2.33. The quantitative estimate of drug-likeness (QED) is 0.648. The average molecular weight is 402 g/mol. The Kier molecular flexibility index (Phi) is 5.32. The number of carbonyl (C=O) groups is 2. The van der Waals surface area contributed by atoms with Crippen LogP contribution >= 0.6 is 0 Å². The molecule has 1 aliphatic heterocycles. The van der Waals surface area contributed by atoms with Crippen molar-refractivity contribution in [3.8, 4) is 11.5 Å². The fraction of sp³-hybridized carbons (Fsp3) is 0.455. The van der Waals surface area contributed by atoms with Crippen molar-refractivity contribution in [2.75, 3.05) is 13.7 Å². The summed E-state index contributed by atoms with van der Waals surface area (Å²) < 4.78 is 11.1. The fourth-order valence-corrected chi connectivity index (χ4v) is 4.08. The maximum absolute atomic E-state index is 13.0. The Morgan fingerprint density at radius 3 is 2.62 bits per heavy atom. The minimum absolute atomic E-state index is 0.0238. The second kappa shape index (κ2) is 7.31. The van der Waals surface area contributed by atoms with Crippen molar-refractivity contribution in [1.29, 1.82) is 0 Å². The van der Waals surface area contributed by atoms with Gasteiger partial charge in [0, 0.05) is 16.7 Å². The Balaban J connectivity index is 2.18. The Morgan fingerprint density at radius 1 is 1.38 bits per heavy atom. The summed E-state index contributed by atoms with van der Waals surface area (Å²) in [7, 11) is 1.32. The molecule has 0 unspecified atom stereocenters. The number of methoxy groups -OCH3 is 1. The first-order valence-electron chi connectivity index (χ1n) is 9.45. The molecule has 0 amide bonds. The number of aliphatic hydroxyl groups excluding tert-OH is 2. The highest BCUT2D eigenvalue weighted by Crippen LogP contribution is 2.53. The van der Waals surface area contributed by atoms with E-state index in [4.69, 9.17) is 9.47 Å². The van der Waals surface area contributed by atoms with E-state index in [1.54, 1.807) is 26.8 Å². The molecule has 1 heterocycles. The van der Waals surface area contributed by atoms with Crippen molar-refractivity contribution < 1.29 is 34.4 Å². The second-order valence-corrected chi connectivity index (χ2v) is 7.84. The van der Waals surface area contributed by atoms with E-state index in [0.717, 1.165) is 0 Å². The van der Waals surface area contributed by atoms with Gasteiger partial charge in [0.25, 0.3) is 0 Å². The van der Waals surface area contributed by atoms with Crippen LogP contribution in [0.4, 0.5) is 0 Å². The van der Waals surface area contributed by atoms with Crippen LogP contribution < -0.4 is 4.74 Å². The van der Waals surface area contributed by atoms with Crippen LogP contribution in [0.25, 0.3) is 0 Å². The summed E-state index contributed by atoms with van der Waals surface area (Å²) in [5.74, 6) is -1.05. The first-order valence-corrected chi connectivity index (χ1v) is 9.45. The van der Waals surface area contributed by atoms with Gasteiger partial charge in [-0.05, 0) is 40.2 Å². The molecule has 7 heteroatoms. The van der Waals surface area contributed by atoms with Gasteiger partial charge in [0.2, 0.25) is 5.78 Å². The van der Waals surface area contributed by atoms with Crippen molar-refractivity contribution in [2.45, 2.75) is 51.7 Å². The first kappa shape index (κ1) is 21.1. The average Bonchev–Trinajstić information content (AvgIpc) is 2.96. The largest absolute Gasteiger partial charge is 0.507 e. The number of benzene rings is 1. The Labute approximate surface area is 169 Å². The molecular formula is C22H26O7. The predicted molar refractivity (Wildman–Crippen MR) is 105 cm³/mol. The summed E-state index contributed by atoms with van der Waals surface area (Å²) in [4.78, 5) is 25.8. The molecule has 0 bridgehead atoms. The smallest absolute Gasteiger partial charge is 0.228 e. The van der Waals surface area contributed by atoms with Crippen molar-refractivity contribution in [2.24, 2.45) is 0 Å². The molecule has 3 atom stereocenters. The van der Waals surface area contributed by atoms with Crippen LogP contribution in [0.2, 0.25) is 0 Å². The van der Waals surface area contributed by atoms with E-state index in [1.165, 1.54) is 20.1 Å². The number of hydrogen-bond acceptors (Lipinski definition) is 7. The number of ether oxygens (including phenoxy) is 2. The highest BCUT2D eigenvalue weighted by molar-refractivity contribution is 6.27. The van der Waals surface area contributed by atoms with E-state index in [1.807, 2.05) is 0 Å². The number of carbonyl (C=O) groups excluding carboxylic acids is 2. The first-order chi connectivity index (χ1) is 13.6. The van der Waals surface area contributed by atoms with Crippen molar-refractivity contribution in [3.05, 3.63) is 45.7 Å². The number of phenols is 1. The van der Waals surface area contributed by atoms with E-state index in [-0.39, 0.29) is 47.0 Å². The zero-order chi connectivity index (χ0) is 21.7. The van der Waals surface area contributed by atoms with Crippen LogP contribution in [-0.4, -0.2) is 52.8 Å².